The average Bonchev–Trinajstić information content (AvgIpc) is 2.74. The van der Waals surface area contributed by atoms with Gasteiger partial charge in [0.1, 0.15) is 11.9 Å². The second-order valence-corrected chi connectivity index (χ2v) is 3.09. The van der Waals surface area contributed by atoms with E-state index in [0.29, 0.717) is 17.2 Å². The molecule has 0 saturated heterocycles. The smallest absolute Gasteiger partial charge is 0.153 e. The van der Waals surface area contributed by atoms with Crippen molar-refractivity contribution in [2.24, 2.45) is 0 Å². The first-order valence-electron chi connectivity index (χ1n) is 4.43. The van der Waals surface area contributed by atoms with Gasteiger partial charge in [0.15, 0.2) is 5.82 Å². The van der Waals surface area contributed by atoms with Crippen LogP contribution in [0, 0.1) is 18.3 Å². The quantitative estimate of drug-likeness (QED) is 0.772. The molecule has 2 rings (SSSR count). The Kier molecular flexibility index (Phi) is 2.33. The first kappa shape index (κ1) is 9.21. The zero-order valence-corrected chi connectivity index (χ0v) is 8.15. The van der Waals surface area contributed by atoms with Gasteiger partial charge < -0.3 is 5.32 Å². The van der Waals surface area contributed by atoms with E-state index in [1.165, 1.54) is 6.20 Å². The molecular formula is C10H9N5. The van der Waals surface area contributed by atoms with Crippen LogP contribution >= 0.6 is 0 Å². The molecule has 2 aromatic rings. The van der Waals surface area contributed by atoms with Crippen LogP contribution in [0.5, 0.6) is 0 Å². The van der Waals surface area contributed by atoms with E-state index in [4.69, 9.17) is 5.26 Å². The highest BCUT2D eigenvalue weighted by atomic mass is 15.2. The van der Waals surface area contributed by atoms with Crippen LogP contribution in [-0.4, -0.2) is 15.2 Å². The van der Waals surface area contributed by atoms with E-state index in [9.17, 15) is 0 Å². The number of H-pyrrole nitrogens is 1. The van der Waals surface area contributed by atoms with Crippen molar-refractivity contribution in [1.82, 2.24) is 15.2 Å². The Morgan fingerprint density at radius 3 is 3.00 bits per heavy atom. The third-order valence-electron chi connectivity index (χ3n) is 1.95. The second-order valence-electron chi connectivity index (χ2n) is 3.09. The Hall–Kier alpha value is -2.35. The zero-order chi connectivity index (χ0) is 10.7. The van der Waals surface area contributed by atoms with Crippen LogP contribution < -0.4 is 5.32 Å². The fourth-order valence-electron chi connectivity index (χ4n) is 1.22. The van der Waals surface area contributed by atoms with E-state index in [1.807, 2.05) is 13.0 Å². The normalized spacial score (nSPS) is 9.60. The molecule has 0 spiro atoms. The Morgan fingerprint density at radius 1 is 1.53 bits per heavy atom. The summed E-state index contributed by atoms with van der Waals surface area (Å²) in [4.78, 5) is 4.14. The molecule has 0 fully saturated rings. The second kappa shape index (κ2) is 3.80. The maximum atomic E-state index is 8.68. The van der Waals surface area contributed by atoms with Crippen molar-refractivity contribution in [1.29, 1.82) is 5.26 Å². The minimum atomic E-state index is 0.556. The van der Waals surface area contributed by atoms with Gasteiger partial charge in [-0.05, 0) is 18.6 Å². The van der Waals surface area contributed by atoms with Gasteiger partial charge in [-0.1, -0.05) is 0 Å². The minimum absolute atomic E-state index is 0.556. The molecular weight excluding hydrogens is 190 g/mol. The maximum absolute atomic E-state index is 8.68. The summed E-state index contributed by atoms with van der Waals surface area (Å²) in [5.41, 5.74) is 1.47. The summed E-state index contributed by atoms with van der Waals surface area (Å²) in [6, 6.07) is 5.63. The lowest BCUT2D eigenvalue weighted by Gasteiger charge is -2.04. The van der Waals surface area contributed by atoms with Crippen molar-refractivity contribution in [2.45, 2.75) is 6.92 Å². The molecule has 0 aromatic carbocycles. The van der Waals surface area contributed by atoms with Crippen molar-refractivity contribution >= 4 is 11.6 Å². The molecule has 74 valence electrons. The summed E-state index contributed by atoms with van der Waals surface area (Å²) in [7, 11) is 0. The van der Waals surface area contributed by atoms with E-state index >= 15 is 0 Å². The molecule has 0 atom stereocenters. The summed E-state index contributed by atoms with van der Waals surface area (Å²) in [6.45, 7) is 1.89. The molecule has 5 heteroatoms. The van der Waals surface area contributed by atoms with Gasteiger partial charge >= 0.3 is 0 Å². The third-order valence-corrected chi connectivity index (χ3v) is 1.95. The van der Waals surface area contributed by atoms with Crippen molar-refractivity contribution in [2.75, 3.05) is 5.32 Å². The van der Waals surface area contributed by atoms with Gasteiger partial charge in [0.05, 0.1) is 5.56 Å². The number of pyridine rings is 1. The van der Waals surface area contributed by atoms with Crippen LogP contribution in [0.25, 0.3) is 0 Å². The van der Waals surface area contributed by atoms with Crippen LogP contribution in [0.2, 0.25) is 0 Å². The summed E-state index contributed by atoms with van der Waals surface area (Å²) in [6.07, 6.45) is 3.25. The fourth-order valence-corrected chi connectivity index (χ4v) is 1.22. The zero-order valence-electron chi connectivity index (χ0n) is 8.15. The lowest BCUT2D eigenvalue weighted by Crippen LogP contribution is -1.97. The third kappa shape index (κ3) is 1.94. The van der Waals surface area contributed by atoms with E-state index in [1.54, 1.807) is 18.3 Å². The SMILES string of the molecule is Cc1cc(C#N)cnc1Nc1cc[nH]n1. The molecule has 0 amide bonds. The Morgan fingerprint density at radius 2 is 2.40 bits per heavy atom. The van der Waals surface area contributed by atoms with Crippen LogP contribution in [0.15, 0.2) is 24.5 Å². The van der Waals surface area contributed by atoms with Crippen LogP contribution in [0.1, 0.15) is 11.1 Å². The number of nitrogens with one attached hydrogen (secondary N) is 2. The summed E-state index contributed by atoms with van der Waals surface area (Å²) in [5.74, 6) is 1.41. The Labute approximate surface area is 86.8 Å². The maximum Gasteiger partial charge on any atom is 0.153 e. The molecule has 0 aliphatic heterocycles. The highest BCUT2D eigenvalue weighted by Crippen LogP contribution is 2.16. The molecule has 2 N–H and O–H groups in total. The van der Waals surface area contributed by atoms with Crippen molar-refractivity contribution in [3.63, 3.8) is 0 Å². The molecule has 0 aliphatic carbocycles. The van der Waals surface area contributed by atoms with Gasteiger partial charge in [0.2, 0.25) is 0 Å². The fraction of sp³-hybridized carbons (Fsp3) is 0.100. The van der Waals surface area contributed by atoms with Crippen LogP contribution in [0.4, 0.5) is 11.6 Å². The number of rotatable bonds is 2. The van der Waals surface area contributed by atoms with Crippen molar-refractivity contribution in [3.8, 4) is 6.07 Å². The lowest BCUT2D eigenvalue weighted by molar-refractivity contribution is 1.09. The molecule has 0 radical (unpaired) electrons. The van der Waals surface area contributed by atoms with Crippen molar-refractivity contribution < 1.29 is 0 Å². The Bertz CT molecular complexity index is 495. The highest BCUT2D eigenvalue weighted by molar-refractivity contribution is 5.56. The lowest BCUT2D eigenvalue weighted by atomic mass is 10.2. The van der Waals surface area contributed by atoms with Gasteiger partial charge in [-0.2, -0.15) is 10.4 Å². The predicted octanol–water partition coefficient (Wildman–Crippen LogP) is 1.73. The number of hydrogen-bond donors (Lipinski definition) is 2. The number of nitrogens with zero attached hydrogens (tertiary/aromatic N) is 3. The number of nitriles is 1. The number of aromatic nitrogens is 3. The van der Waals surface area contributed by atoms with E-state index in [2.05, 4.69) is 20.5 Å². The standard InChI is InChI=1S/C10H9N5/c1-7-4-8(5-11)6-12-10(7)14-9-2-3-13-15-9/h2-4,6H,1H3,(H2,12,13,14,15). The number of anilines is 2. The summed E-state index contributed by atoms with van der Waals surface area (Å²) in [5, 5.41) is 18.4. The van der Waals surface area contributed by atoms with Crippen LogP contribution in [-0.2, 0) is 0 Å². The largest absolute Gasteiger partial charge is 0.323 e. The molecule has 2 heterocycles. The van der Waals surface area contributed by atoms with Crippen LogP contribution in [0.3, 0.4) is 0 Å². The van der Waals surface area contributed by atoms with Gasteiger partial charge in [-0.25, -0.2) is 4.98 Å². The Balaban J connectivity index is 2.27. The highest BCUT2D eigenvalue weighted by Gasteiger charge is 2.02. The molecule has 15 heavy (non-hydrogen) atoms. The summed E-state index contributed by atoms with van der Waals surface area (Å²) >= 11 is 0. The monoisotopic (exact) mass is 199 g/mol. The van der Waals surface area contributed by atoms with Gasteiger partial charge in [-0.3, -0.25) is 5.10 Å². The van der Waals surface area contributed by atoms with Crippen molar-refractivity contribution in [3.05, 3.63) is 35.7 Å². The first-order valence-corrected chi connectivity index (χ1v) is 4.43. The van der Waals surface area contributed by atoms with Gasteiger partial charge in [0, 0.05) is 18.5 Å². The van der Waals surface area contributed by atoms with E-state index in [0.717, 1.165) is 5.56 Å². The minimum Gasteiger partial charge on any atom is -0.323 e. The van der Waals surface area contributed by atoms with Gasteiger partial charge in [0.25, 0.3) is 0 Å². The molecule has 0 aliphatic rings. The number of hydrogen-bond acceptors (Lipinski definition) is 4. The molecule has 0 bridgehead atoms. The number of aryl methyl sites for hydroxylation is 1. The van der Waals surface area contributed by atoms with E-state index in [-0.39, 0.29) is 0 Å². The molecule has 5 nitrogen and oxygen atoms in total. The topological polar surface area (TPSA) is 77.4 Å². The number of aromatic amines is 1. The molecule has 0 unspecified atom stereocenters. The average molecular weight is 199 g/mol. The summed E-state index contributed by atoms with van der Waals surface area (Å²) < 4.78 is 0. The predicted molar refractivity (Wildman–Crippen MR) is 55.6 cm³/mol. The molecule has 2 aromatic heterocycles. The van der Waals surface area contributed by atoms with E-state index < -0.39 is 0 Å². The van der Waals surface area contributed by atoms with Gasteiger partial charge in [-0.15, -0.1) is 0 Å². The first-order chi connectivity index (χ1) is 7.29. The molecule has 0 saturated carbocycles.